The zero-order valence-corrected chi connectivity index (χ0v) is 12.1. The summed E-state index contributed by atoms with van der Waals surface area (Å²) in [5.41, 5.74) is 7.25. The Morgan fingerprint density at radius 2 is 2.25 bits per heavy atom. The highest BCUT2D eigenvalue weighted by atomic mass is 35.5. The van der Waals surface area contributed by atoms with Crippen LogP contribution in [0.5, 0.6) is 0 Å². The maximum Gasteiger partial charge on any atom is 0.170 e. The van der Waals surface area contributed by atoms with Crippen LogP contribution in [0.2, 0.25) is 5.02 Å². The normalized spacial score (nSPS) is 29.1. The highest BCUT2D eigenvalue weighted by molar-refractivity contribution is 6.31. The van der Waals surface area contributed by atoms with Gasteiger partial charge in [0.2, 0.25) is 0 Å². The molecule has 0 spiro atoms. The summed E-state index contributed by atoms with van der Waals surface area (Å²) in [6.07, 6.45) is 5.49. The number of amidine groups is 1. The molecular formula is C15H20ClN3O. The predicted molar refractivity (Wildman–Crippen MR) is 80.0 cm³/mol. The molecule has 4 N–H and O–H groups in total. The molecule has 2 bridgehead atoms. The SMILES string of the molecule is N/C(=N/O)c1ccc(CNC2CC3CCC2C3)c(Cl)c1. The van der Waals surface area contributed by atoms with E-state index in [2.05, 4.69) is 10.5 Å². The monoisotopic (exact) mass is 293 g/mol. The molecule has 3 atom stereocenters. The quantitative estimate of drug-likeness (QED) is 0.346. The lowest BCUT2D eigenvalue weighted by molar-refractivity contribution is 0.318. The van der Waals surface area contributed by atoms with Crippen LogP contribution >= 0.6 is 11.6 Å². The standard InChI is InChI=1S/C15H20ClN3O/c16-13-7-11(15(17)19-20)3-4-12(13)8-18-14-6-9-1-2-10(14)5-9/h3-4,7,9-10,14,18,20H,1-2,5-6,8H2,(H2,17,19). The second-order valence-corrected chi connectivity index (χ2v) is 6.36. The van der Waals surface area contributed by atoms with E-state index in [1.165, 1.54) is 25.7 Å². The van der Waals surface area contributed by atoms with Crippen LogP contribution in [0.25, 0.3) is 0 Å². The molecular weight excluding hydrogens is 274 g/mol. The predicted octanol–water partition coefficient (Wildman–Crippen LogP) is 2.71. The van der Waals surface area contributed by atoms with Gasteiger partial charge in [-0.05, 0) is 42.7 Å². The van der Waals surface area contributed by atoms with Crippen LogP contribution in [0.15, 0.2) is 23.4 Å². The molecule has 108 valence electrons. The first-order chi connectivity index (χ1) is 9.67. The van der Waals surface area contributed by atoms with Crippen molar-refractivity contribution in [1.29, 1.82) is 0 Å². The van der Waals surface area contributed by atoms with Gasteiger partial charge in [0.05, 0.1) is 0 Å². The Morgan fingerprint density at radius 1 is 1.40 bits per heavy atom. The first-order valence-corrected chi connectivity index (χ1v) is 7.55. The second kappa shape index (κ2) is 5.62. The van der Waals surface area contributed by atoms with Gasteiger partial charge in [-0.2, -0.15) is 0 Å². The maximum absolute atomic E-state index is 8.66. The first kappa shape index (κ1) is 13.7. The number of halogens is 1. The largest absolute Gasteiger partial charge is 0.409 e. The zero-order chi connectivity index (χ0) is 14.1. The molecule has 0 amide bonds. The number of rotatable bonds is 4. The summed E-state index contributed by atoms with van der Waals surface area (Å²) < 4.78 is 0. The Kier molecular flexibility index (Phi) is 3.85. The minimum Gasteiger partial charge on any atom is -0.409 e. The lowest BCUT2D eigenvalue weighted by Crippen LogP contribution is -2.33. The number of oxime groups is 1. The van der Waals surface area contributed by atoms with Crippen molar-refractivity contribution in [3.8, 4) is 0 Å². The van der Waals surface area contributed by atoms with Gasteiger partial charge < -0.3 is 16.3 Å². The minimum atomic E-state index is 0.0829. The average Bonchev–Trinajstić information content (AvgIpc) is 3.07. The molecule has 2 aliphatic rings. The number of hydrogen-bond acceptors (Lipinski definition) is 3. The van der Waals surface area contributed by atoms with Crippen molar-refractivity contribution in [3.63, 3.8) is 0 Å². The number of nitrogens with one attached hydrogen (secondary N) is 1. The molecule has 20 heavy (non-hydrogen) atoms. The zero-order valence-electron chi connectivity index (χ0n) is 11.3. The summed E-state index contributed by atoms with van der Waals surface area (Å²) in [5, 5.41) is 15.9. The smallest absolute Gasteiger partial charge is 0.170 e. The van der Waals surface area contributed by atoms with Crippen molar-refractivity contribution in [2.45, 2.75) is 38.3 Å². The topological polar surface area (TPSA) is 70.6 Å². The van der Waals surface area contributed by atoms with Crippen LogP contribution in [-0.4, -0.2) is 17.1 Å². The van der Waals surface area contributed by atoms with E-state index in [9.17, 15) is 0 Å². The van der Waals surface area contributed by atoms with Gasteiger partial charge in [-0.1, -0.05) is 35.3 Å². The van der Waals surface area contributed by atoms with E-state index >= 15 is 0 Å². The van der Waals surface area contributed by atoms with Gasteiger partial charge in [0.15, 0.2) is 5.84 Å². The van der Waals surface area contributed by atoms with Crippen molar-refractivity contribution in [2.75, 3.05) is 0 Å². The molecule has 3 unspecified atom stereocenters. The van der Waals surface area contributed by atoms with Crippen molar-refractivity contribution in [3.05, 3.63) is 34.3 Å². The van der Waals surface area contributed by atoms with Crippen LogP contribution in [0, 0.1) is 11.8 Å². The Bertz CT molecular complexity index is 532. The summed E-state index contributed by atoms with van der Waals surface area (Å²) >= 11 is 6.26. The van der Waals surface area contributed by atoms with Crippen LogP contribution < -0.4 is 11.1 Å². The van der Waals surface area contributed by atoms with E-state index in [4.69, 9.17) is 22.5 Å². The molecule has 4 nitrogen and oxygen atoms in total. The molecule has 0 heterocycles. The Labute approximate surface area is 124 Å². The van der Waals surface area contributed by atoms with Gasteiger partial charge in [0.1, 0.15) is 0 Å². The molecule has 2 saturated carbocycles. The van der Waals surface area contributed by atoms with Crippen LogP contribution in [-0.2, 0) is 6.54 Å². The molecule has 1 aromatic rings. The minimum absolute atomic E-state index is 0.0829. The van der Waals surface area contributed by atoms with Gasteiger partial charge >= 0.3 is 0 Å². The van der Waals surface area contributed by atoms with E-state index in [0.29, 0.717) is 16.6 Å². The fraction of sp³-hybridized carbons (Fsp3) is 0.533. The first-order valence-electron chi connectivity index (χ1n) is 7.17. The fourth-order valence-corrected chi connectivity index (χ4v) is 3.89. The molecule has 0 saturated heterocycles. The summed E-state index contributed by atoms with van der Waals surface area (Å²) in [6, 6.07) is 6.16. The van der Waals surface area contributed by atoms with Crippen LogP contribution in [0.1, 0.15) is 36.8 Å². The highest BCUT2D eigenvalue weighted by Crippen LogP contribution is 2.44. The molecule has 3 rings (SSSR count). The summed E-state index contributed by atoms with van der Waals surface area (Å²) in [4.78, 5) is 0. The van der Waals surface area contributed by atoms with Gasteiger partial charge in [0, 0.05) is 23.2 Å². The number of nitrogens with zero attached hydrogens (tertiary/aromatic N) is 1. The van der Waals surface area contributed by atoms with E-state index in [0.717, 1.165) is 23.9 Å². The third kappa shape index (κ3) is 2.63. The molecule has 1 aromatic carbocycles. The van der Waals surface area contributed by atoms with E-state index in [1.807, 2.05) is 12.1 Å². The maximum atomic E-state index is 8.66. The lowest BCUT2D eigenvalue weighted by atomic mass is 9.95. The van der Waals surface area contributed by atoms with Crippen molar-refractivity contribution < 1.29 is 5.21 Å². The third-order valence-corrected chi connectivity index (χ3v) is 5.10. The molecule has 0 aliphatic heterocycles. The molecule has 2 aliphatic carbocycles. The number of fused-ring (bicyclic) bond motifs is 2. The van der Waals surface area contributed by atoms with E-state index in [1.54, 1.807) is 6.07 Å². The molecule has 5 heteroatoms. The van der Waals surface area contributed by atoms with Gasteiger partial charge in [-0.3, -0.25) is 0 Å². The van der Waals surface area contributed by atoms with E-state index in [-0.39, 0.29) is 5.84 Å². The Hall–Kier alpha value is -1.26. The highest BCUT2D eigenvalue weighted by Gasteiger charge is 2.38. The van der Waals surface area contributed by atoms with Crippen LogP contribution in [0.4, 0.5) is 0 Å². The Morgan fingerprint density at radius 3 is 2.85 bits per heavy atom. The van der Waals surface area contributed by atoms with Crippen molar-refractivity contribution in [1.82, 2.24) is 5.32 Å². The third-order valence-electron chi connectivity index (χ3n) is 4.75. The second-order valence-electron chi connectivity index (χ2n) is 5.95. The number of benzene rings is 1. The summed E-state index contributed by atoms with van der Waals surface area (Å²) in [6.45, 7) is 0.781. The summed E-state index contributed by atoms with van der Waals surface area (Å²) in [7, 11) is 0. The van der Waals surface area contributed by atoms with Gasteiger partial charge in [0.25, 0.3) is 0 Å². The summed E-state index contributed by atoms with van der Waals surface area (Å²) in [5.74, 6) is 1.88. The lowest BCUT2D eigenvalue weighted by Gasteiger charge is -2.23. The Balaban J connectivity index is 1.63. The molecule has 0 radical (unpaired) electrons. The van der Waals surface area contributed by atoms with E-state index < -0.39 is 0 Å². The number of nitrogens with two attached hydrogens (primary N) is 1. The van der Waals surface area contributed by atoms with Gasteiger partial charge in [-0.25, -0.2) is 0 Å². The van der Waals surface area contributed by atoms with Crippen molar-refractivity contribution >= 4 is 17.4 Å². The van der Waals surface area contributed by atoms with Crippen molar-refractivity contribution in [2.24, 2.45) is 22.7 Å². The fourth-order valence-electron chi connectivity index (χ4n) is 3.64. The van der Waals surface area contributed by atoms with Crippen LogP contribution in [0.3, 0.4) is 0 Å². The molecule has 0 aromatic heterocycles. The van der Waals surface area contributed by atoms with Gasteiger partial charge in [-0.15, -0.1) is 0 Å². The number of hydrogen-bond donors (Lipinski definition) is 3. The average molecular weight is 294 g/mol. The molecule has 2 fully saturated rings.